The number of anilines is 1. The largest absolute Gasteiger partial charge is 0.339 e. The van der Waals surface area contributed by atoms with Crippen LogP contribution in [0, 0.1) is 0 Å². The molecular formula is C21H24BrN3O2. The highest BCUT2D eigenvalue weighted by Gasteiger charge is 2.24. The number of benzene rings is 2. The second-order valence-corrected chi connectivity index (χ2v) is 7.91. The molecule has 0 aromatic heterocycles. The molecule has 3 rings (SSSR count). The molecule has 0 spiro atoms. The van der Waals surface area contributed by atoms with E-state index in [1.54, 1.807) is 36.4 Å². The van der Waals surface area contributed by atoms with E-state index in [0.717, 1.165) is 30.4 Å². The molecule has 5 nitrogen and oxygen atoms in total. The molecule has 0 unspecified atom stereocenters. The number of carbonyl (C=O) groups excluding carboxylic acids is 2. The Labute approximate surface area is 168 Å². The fourth-order valence-electron chi connectivity index (χ4n) is 3.31. The van der Waals surface area contributed by atoms with Crippen molar-refractivity contribution in [1.82, 2.24) is 9.80 Å². The van der Waals surface area contributed by atoms with E-state index in [4.69, 9.17) is 0 Å². The number of likely N-dealkylation sites (tertiary alicyclic amines) is 1. The zero-order valence-electron chi connectivity index (χ0n) is 15.6. The Kier molecular flexibility index (Phi) is 6.29. The highest BCUT2D eigenvalue weighted by Crippen LogP contribution is 2.19. The lowest BCUT2D eigenvalue weighted by Gasteiger charge is -2.35. The van der Waals surface area contributed by atoms with Gasteiger partial charge in [0.15, 0.2) is 0 Å². The van der Waals surface area contributed by atoms with Crippen molar-refractivity contribution in [2.45, 2.75) is 18.9 Å². The van der Waals surface area contributed by atoms with E-state index in [9.17, 15) is 9.59 Å². The molecule has 0 saturated carbocycles. The van der Waals surface area contributed by atoms with Gasteiger partial charge in [-0.25, -0.2) is 0 Å². The van der Waals surface area contributed by atoms with Crippen molar-refractivity contribution in [2.75, 3.05) is 32.5 Å². The molecule has 142 valence electrons. The van der Waals surface area contributed by atoms with E-state index in [2.05, 4.69) is 33.2 Å². The first kappa shape index (κ1) is 19.6. The topological polar surface area (TPSA) is 52.6 Å². The Morgan fingerprint density at radius 2 is 1.74 bits per heavy atom. The lowest BCUT2D eigenvalue weighted by Crippen LogP contribution is -2.44. The van der Waals surface area contributed by atoms with Crippen LogP contribution in [-0.4, -0.2) is 54.8 Å². The third-order valence-corrected chi connectivity index (χ3v) is 5.50. The maximum absolute atomic E-state index is 12.9. The zero-order valence-corrected chi connectivity index (χ0v) is 17.2. The van der Waals surface area contributed by atoms with E-state index in [0.29, 0.717) is 16.8 Å². The number of piperidine rings is 1. The summed E-state index contributed by atoms with van der Waals surface area (Å²) in [6, 6.07) is 14.6. The number of carbonyl (C=O) groups is 2. The van der Waals surface area contributed by atoms with Crippen molar-refractivity contribution in [3.05, 3.63) is 64.1 Å². The zero-order chi connectivity index (χ0) is 19.4. The summed E-state index contributed by atoms with van der Waals surface area (Å²) < 4.78 is 0.846. The second-order valence-electron chi connectivity index (χ2n) is 7.00. The molecule has 6 heteroatoms. The predicted molar refractivity (Wildman–Crippen MR) is 111 cm³/mol. The minimum Gasteiger partial charge on any atom is -0.339 e. The Morgan fingerprint density at radius 3 is 2.44 bits per heavy atom. The maximum atomic E-state index is 12.9. The van der Waals surface area contributed by atoms with Crippen molar-refractivity contribution in [3.63, 3.8) is 0 Å². The van der Waals surface area contributed by atoms with Gasteiger partial charge < -0.3 is 15.1 Å². The van der Waals surface area contributed by atoms with Gasteiger partial charge in [-0.3, -0.25) is 9.59 Å². The van der Waals surface area contributed by atoms with Crippen molar-refractivity contribution in [3.8, 4) is 0 Å². The molecule has 1 saturated heterocycles. The molecule has 1 aliphatic rings. The highest BCUT2D eigenvalue weighted by atomic mass is 79.9. The first-order valence-corrected chi connectivity index (χ1v) is 9.86. The molecule has 2 aromatic rings. The van der Waals surface area contributed by atoms with E-state index in [1.165, 1.54) is 0 Å². The van der Waals surface area contributed by atoms with Crippen LogP contribution in [-0.2, 0) is 0 Å². The van der Waals surface area contributed by atoms with Crippen LogP contribution in [0.15, 0.2) is 53.0 Å². The summed E-state index contributed by atoms with van der Waals surface area (Å²) in [5.41, 5.74) is 1.76. The first-order chi connectivity index (χ1) is 12.9. The summed E-state index contributed by atoms with van der Waals surface area (Å²) >= 11 is 3.37. The highest BCUT2D eigenvalue weighted by molar-refractivity contribution is 9.10. The van der Waals surface area contributed by atoms with E-state index >= 15 is 0 Å². The number of amides is 2. The summed E-state index contributed by atoms with van der Waals surface area (Å²) in [6.07, 6.45) is 1.97. The van der Waals surface area contributed by atoms with Crippen LogP contribution in [0.2, 0.25) is 0 Å². The monoisotopic (exact) mass is 429 g/mol. The van der Waals surface area contributed by atoms with Crippen molar-refractivity contribution >= 4 is 33.4 Å². The lowest BCUT2D eigenvalue weighted by atomic mass is 10.0. The number of halogens is 1. The van der Waals surface area contributed by atoms with Crippen LogP contribution in [0.3, 0.4) is 0 Å². The molecule has 1 heterocycles. The van der Waals surface area contributed by atoms with Crippen molar-refractivity contribution in [1.29, 1.82) is 0 Å². The smallest absolute Gasteiger partial charge is 0.255 e. The summed E-state index contributed by atoms with van der Waals surface area (Å²) in [5.74, 6) is -0.215. The Morgan fingerprint density at radius 1 is 1.07 bits per heavy atom. The fourth-order valence-corrected chi connectivity index (χ4v) is 3.71. The predicted octanol–water partition coefficient (Wildman–Crippen LogP) is 3.87. The molecule has 0 bridgehead atoms. The van der Waals surface area contributed by atoms with Gasteiger partial charge in [0.2, 0.25) is 0 Å². The van der Waals surface area contributed by atoms with Gasteiger partial charge in [-0.2, -0.15) is 0 Å². The van der Waals surface area contributed by atoms with Crippen molar-refractivity contribution < 1.29 is 9.59 Å². The Hall–Kier alpha value is -2.18. The number of nitrogens with zero attached hydrogens (tertiary/aromatic N) is 2. The molecule has 1 N–H and O–H groups in total. The van der Waals surface area contributed by atoms with Crippen molar-refractivity contribution in [2.24, 2.45) is 0 Å². The standard InChI is InChI=1S/C21H24BrN3O2/c1-24-11-9-19(10-12-24)25(2)21(27)16-6-4-8-18(14-16)23-20(26)15-5-3-7-17(22)13-15/h3-8,13-14,19H,9-12H2,1-2H3,(H,23,26). The average Bonchev–Trinajstić information content (AvgIpc) is 2.67. The second kappa shape index (κ2) is 8.67. The molecular weight excluding hydrogens is 406 g/mol. The van der Waals surface area contributed by atoms with Gasteiger partial charge in [-0.05, 0) is 69.4 Å². The van der Waals surface area contributed by atoms with Crippen LogP contribution in [0.5, 0.6) is 0 Å². The number of rotatable bonds is 4. The third kappa shape index (κ3) is 4.96. The van der Waals surface area contributed by atoms with Crippen LogP contribution in [0.25, 0.3) is 0 Å². The Bertz CT molecular complexity index is 832. The minimum atomic E-state index is -0.204. The van der Waals surface area contributed by atoms with Gasteiger partial charge in [-0.1, -0.05) is 28.1 Å². The molecule has 2 aromatic carbocycles. The summed E-state index contributed by atoms with van der Waals surface area (Å²) in [7, 11) is 3.97. The molecule has 0 atom stereocenters. The summed E-state index contributed by atoms with van der Waals surface area (Å²) in [5, 5.41) is 2.87. The van der Waals surface area contributed by atoms with Gasteiger partial charge in [0, 0.05) is 34.4 Å². The Balaban J connectivity index is 1.69. The molecule has 0 aliphatic carbocycles. The molecule has 27 heavy (non-hydrogen) atoms. The molecule has 2 amide bonds. The summed E-state index contributed by atoms with van der Waals surface area (Å²) in [6.45, 7) is 2.01. The van der Waals surface area contributed by atoms with E-state index in [1.807, 2.05) is 24.1 Å². The van der Waals surface area contributed by atoms with Crippen LogP contribution < -0.4 is 5.32 Å². The first-order valence-electron chi connectivity index (χ1n) is 9.07. The molecule has 1 fully saturated rings. The van der Waals surface area contributed by atoms with E-state index in [-0.39, 0.29) is 17.9 Å². The van der Waals surface area contributed by atoms with Gasteiger partial charge in [0.1, 0.15) is 0 Å². The molecule has 0 radical (unpaired) electrons. The maximum Gasteiger partial charge on any atom is 0.255 e. The third-order valence-electron chi connectivity index (χ3n) is 5.01. The number of nitrogens with one attached hydrogen (secondary N) is 1. The average molecular weight is 430 g/mol. The van der Waals surface area contributed by atoms with Gasteiger partial charge in [-0.15, -0.1) is 0 Å². The van der Waals surface area contributed by atoms with E-state index < -0.39 is 0 Å². The van der Waals surface area contributed by atoms with Gasteiger partial charge in [0.25, 0.3) is 11.8 Å². The number of hydrogen-bond acceptors (Lipinski definition) is 3. The minimum absolute atomic E-state index is 0.0110. The quantitative estimate of drug-likeness (QED) is 0.802. The van der Waals surface area contributed by atoms with Gasteiger partial charge >= 0.3 is 0 Å². The van der Waals surface area contributed by atoms with Crippen LogP contribution in [0.1, 0.15) is 33.6 Å². The van der Waals surface area contributed by atoms with Gasteiger partial charge in [0.05, 0.1) is 0 Å². The number of hydrogen-bond donors (Lipinski definition) is 1. The summed E-state index contributed by atoms with van der Waals surface area (Å²) in [4.78, 5) is 29.4. The SMILES string of the molecule is CN1CCC(N(C)C(=O)c2cccc(NC(=O)c3cccc(Br)c3)c2)CC1. The fraction of sp³-hybridized carbons (Fsp3) is 0.333. The molecule has 1 aliphatic heterocycles. The lowest BCUT2D eigenvalue weighted by molar-refractivity contribution is 0.0659. The van der Waals surface area contributed by atoms with Crippen LogP contribution in [0.4, 0.5) is 5.69 Å². The van der Waals surface area contributed by atoms with Crippen LogP contribution >= 0.6 is 15.9 Å². The normalized spacial score (nSPS) is 15.4.